The lowest BCUT2D eigenvalue weighted by molar-refractivity contribution is -0.136. The van der Waals surface area contributed by atoms with E-state index >= 15 is 0 Å². The van der Waals surface area contributed by atoms with E-state index in [4.69, 9.17) is 0 Å². The van der Waals surface area contributed by atoms with Crippen LogP contribution in [-0.2, 0) is 10.2 Å². The second kappa shape index (κ2) is 8.30. The predicted octanol–water partition coefficient (Wildman–Crippen LogP) is 3.60. The zero-order valence-electron chi connectivity index (χ0n) is 16.1. The summed E-state index contributed by atoms with van der Waals surface area (Å²) in [6.45, 7) is 11.9. The molecule has 0 unspecified atom stereocenters. The van der Waals surface area contributed by atoms with Crippen molar-refractivity contribution in [3.05, 3.63) is 16.1 Å². The second-order valence-electron chi connectivity index (χ2n) is 7.87. The molecule has 0 spiro atoms. The molecule has 0 aliphatic carbocycles. The van der Waals surface area contributed by atoms with Crippen molar-refractivity contribution in [1.82, 2.24) is 15.2 Å². The molecule has 0 saturated carbocycles. The van der Waals surface area contributed by atoms with E-state index in [1.54, 1.807) is 6.20 Å². The highest BCUT2D eigenvalue weighted by molar-refractivity contribution is 7.13. The van der Waals surface area contributed by atoms with Crippen molar-refractivity contribution >= 4 is 23.2 Å². The van der Waals surface area contributed by atoms with Gasteiger partial charge in [0.25, 0.3) is 5.91 Å². The molecule has 1 aliphatic rings. The van der Waals surface area contributed by atoms with Gasteiger partial charge in [-0.25, -0.2) is 4.98 Å². The maximum absolute atomic E-state index is 12.4. The topological polar surface area (TPSA) is 62.3 Å². The molecule has 6 heteroatoms. The molecule has 140 valence electrons. The average molecular weight is 366 g/mol. The molecule has 1 aromatic rings. The van der Waals surface area contributed by atoms with Crippen molar-refractivity contribution in [1.29, 1.82) is 0 Å². The Bertz CT molecular complexity index is 594. The lowest BCUT2D eigenvalue weighted by atomic mass is 9.98. The van der Waals surface area contributed by atoms with Gasteiger partial charge < -0.3 is 10.2 Å². The molecule has 0 aromatic carbocycles. The van der Waals surface area contributed by atoms with Crippen LogP contribution in [0.25, 0.3) is 0 Å². The SMILES string of the molecule is CCC(CC)C(=O)N1CCC(NC(=O)c2cnc(C(C)(C)C)s2)CC1. The van der Waals surface area contributed by atoms with Crippen molar-refractivity contribution in [3.8, 4) is 0 Å². The number of nitrogens with one attached hydrogen (secondary N) is 1. The molecule has 1 aliphatic heterocycles. The fraction of sp³-hybridized carbons (Fsp3) is 0.737. The summed E-state index contributed by atoms with van der Waals surface area (Å²) < 4.78 is 0. The number of rotatable bonds is 5. The van der Waals surface area contributed by atoms with Crippen molar-refractivity contribution < 1.29 is 9.59 Å². The highest BCUT2D eigenvalue weighted by Gasteiger charge is 2.28. The molecule has 0 atom stereocenters. The smallest absolute Gasteiger partial charge is 0.263 e. The predicted molar refractivity (Wildman–Crippen MR) is 102 cm³/mol. The zero-order valence-corrected chi connectivity index (χ0v) is 16.9. The Kier molecular flexibility index (Phi) is 6.60. The number of carbonyl (C=O) groups excluding carboxylic acids is 2. The monoisotopic (exact) mass is 365 g/mol. The largest absolute Gasteiger partial charge is 0.348 e. The number of likely N-dealkylation sites (tertiary alicyclic amines) is 1. The summed E-state index contributed by atoms with van der Waals surface area (Å²) in [4.78, 5) is 31.9. The van der Waals surface area contributed by atoms with E-state index in [9.17, 15) is 9.59 Å². The maximum Gasteiger partial charge on any atom is 0.263 e. The molecule has 1 saturated heterocycles. The van der Waals surface area contributed by atoms with Crippen LogP contribution in [0.5, 0.6) is 0 Å². The lowest BCUT2D eigenvalue weighted by Gasteiger charge is -2.34. The first-order chi connectivity index (χ1) is 11.8. The molecule has 2 heterocycles. The van der Waals surface area contributed by atoms with Crippen molar-refractivity contribution in [2.75, 3.05) is 13.1 Å². The number of thiazole rings is 1. The van der Waals surface area contributed by atoms with Crippen LogP contribution in [0.2, 0.25) is 0 Å². The molecule has 0 bridgehead atoms. The summed E-state index contributed by atoms with van der Waals surface area (Å²) in [5.41, 5.74) is -0.0377. The van der Waals surface area contributed by atoms with Gasteiger partial charge in [-0.3, -0.25) is 9.59 Å². The van der Waals surface area contributed by atoms with E-state index in [-0.39, 0.29) is 29.2 Å². The fourth-order valence-electron chi connectivity index (χ4n) is 3.12. The molecule has 5 nitrogen and oxygen atoms in total. The van der Waals surface area contributed by atoms with Gasteiger partial charge in [-0.1, -0.05) is 34.6 Å². The number of hydrogen-bond acceptors (Lipinski definition) is 4. The molecule has 1 N–H and O–H groups in total. The summed E-state index contributed by atoms with van der Waals surface area (Å²) in [5.74, 6) is 0.365. The van der Waals surface area contributed by atoms with E-state index in [0.29, 0.717) is 4.88 Å². The van der Waals surface area contributed by atoms with E-state index < -0.39 is 0 Å². The Labute approximate surface area is 155 Å². The van der Waals surface area contributed by atoms with Gasteiger partial charge in [-0.2, -0.15) is 0 Å². The van der Waals surface area contributed by atoms with Crippen molar-refractivity contribution in [2.24, 2.45) is 5.92 Å². The summed E-state index contributed by atoms with van der Waals surface area (Å²) in [6, 6.07) is 0.137. The highest BCUT2D eigenvalue weighted by atomic mass is 32.1. The minimum atomic E-state index is -0.0437. The molecule has 1 fully saturated rings. The third-order valence-corrected chi connectivity index (χ3v) is 6.27. The van der Waals surface area contributed by atoms with Gasteiger partial charge in [0.05, 0.1) is 11.2 Å². The summed E-state index contributed by atoms with van der Waals surface area (Å²) in [5, 5.41) is 4.09. The van der Waals surface area contributed by atoms with Crippen LogP contribution >= 0.6 is 11.3 Å². The summed E-state index contributed by atoms with van der Waals surface area (Å²) in [6.07, 6.45) is 5.11. The molecule has 2 amide bonds. The quantitative estimate of drug-likeness (QED) is 0.867. The Morgan fingerprint density at radius 3 is 2.36 bits per heavy atom. The van der Waals surface area contributed by atoms with Gasteiger partial charge in [0.1, 0.15) is 4.88 Å². The summed E-state index contributed by atoms with van der Waals surface area (Å²) >= 11 is 1.46. The van der Waals surface area contributed by atoms with Gasteiger partial charge in [0.2, 0.25) is 5.91 Å². The first-order valence-corrected chi connectivity index (χ1v) is 10.1. The molecule has 1 aromatic heterocycles. The van der Waals surface area contributed by atoms with Crippen LogP contribution in [0.15, 0.2) is 6.20 Å². The summed E-state index contributed by atoms with van der Waals surface area (Å²) in [7, 11) is 0. The van der Waals surface area contributed by atoms with Crippen LogP contribution in [0, 0.1) is 5.92 Å². The number of aromatic nitrogens is 1. The van der Waals surface area contributed by atoms with Crippen molar-refractivity contribution in [3.63, 3.8) is 0 Å². The minimum Gasteiger partial charge on any atom is -0.348 e. The Hall–Kier alpha value is -1.43. The lowest BCUT2D eigenvalue weighted by Crippen LogP contribution is -2.47. The number of hydrogen-bond donors (Lipinski definition) is 1. The Morgan fingerprint density at radius 1 is 1.28 bits per heavy atom. The number of amides is 2. The van der Waals surface area contributed by atoms with Crippen LogP contribution in [0.3, 0.4) is 0 Å². The molecule has 25 heavy (non-hydrogen) atoms. The third-order valence-electron chi connectivity index (χ3n) is 4.85. The number of nitrogens with zero attached hydrogens (tertiary/aromatic N) is 2. The first kappa shape index (κ1) is 19.9. The second-order valence-corrected chi connectivity index (χ2v) is 8.90. The van der Waals surface area contributed by atoms with Crippen LogP contribution < -0.4 is 5.32 Å². The van der Waals surface area contributed by atoms with E-state index in [1.807, 2.05) is 4.90 Å². The van der Waals surface area contributed by atoms with E-state index in [2.05, 4.69) is 44.9 Å². The first-order valence-electron chi connectivity index (χ1n) is 9.32. The Morgan fingerprint density at radius 2 is 1.88 bits per heavy atom. The van der Waals surface area contributed by atoms with Gasteiger partial charge in [0.15, 0.2) is 0 Å². The average Bonchev–Trinajstić information content (AvgIpc) is 3.07. The number of carbonyl (C=O) groups is 2. The zero-order chi connectivity index (χ0) is 18.6. The van der Waals surface area contributed by atoms with Crippen LogP contribution in [0.4, 0.5) is 0 Å². The minimum absolute atomic E-state index is 0.0377. The van der Waals surface area contributed by atoms with Gasteiger partial charge in [0, 0.05) is 30.5 Å². The Balaban J connectivity index is 1.86. The van der Waals surface area contributed by atoms with Gasteiger partial charge >= 0.3 is 0 Å². The van der Waals surface area contributed by atoms with Crippen LogP contribution in [-0.4, -0.2) is 40.8 Å². The van der Waals surface area contributed by atoms with Crippen molar-refractivity contribution in [2.45, 2.75) is 71.8 Å². The maximum atomic E-state index is 12.4. The molecular formula is C19H31N3O2S. The molecule has 2 rings (SSSR count). The van der Waals surface area contributed by atoms with E-state index in [0.717, 1.165) is 43.8 Å². The third kappa shape index (κ3) is 5.03. The van der Waals surface area contributed by atoms with E-state index in [1.165, 1.54) is 11.3 Å². The van der Waals surface area contributed by atoms with Crippen LogP contribution in [0.1, 0.15) is 75.0 Å². The molecular weight excluding hydrogens is 334 g/mol. The van der Waals surface area contributed by atoms with Gasteiger partial charge in [-0.05, 0) is 25.7 Å². The fourth-order valence-corrected chi connectivity index (χ4v) is 4.00. The standard InChI is InChI=1S/C19H31N3O2S/c1-6-13(7-2)17(24)22-10-8-14(9-11-22)21-16(23)15-12-20-18(25-15)19(3,4)5/h12-14H,6-11H2,1-5H3,(H,21,23). The number of piperidine rings is 1. The highest BCUT2D eigenvalue weighted by Crippen LogP contribution is 2.27. The van der Waals surface area contributed by atoms with Gasteiger partial charge in [-0.15, -0.1) is 11.3 Å². The normalized spacial score (nSPS) is 16.3. The molecule has 0 radical (unpaired) electrons.